The molecule has 0 bridgehead atoms. The lowest BCUT2D eigenvalue weighted by molar-refractivity contribution is 0.354. The van der Waals surface area contributed by atoms with Gasteiger partial charge in [0.15, 0.2) is 0 Å². The summed E-state index contributed by atoms with van der Waals surface area (Å²) in [6.07, 6.45) is 3.89. The Kier molecular flexibility index (Phi) is 5.22. The Labute approximate surface area is 120 Å². The topological polar surface area (TPSA) is 60.7 Å². The number of aromatic nitrogens is 1. The van der Waals surface area contributed by atoms with Crippen LogP contribution in [0.15, 0.2) is 24.9 Å². The van der Waals surface area contributed by atoms with Gasteiger partial charge >= 0.3 is 0 Å². The average molecular weight is 276 g/mol. The van der Waals surface area contributed by atoms with Crippen molar-refractivity contribution < 1.29 is 5.82 Å². The summed E-state index contributed by atoms with van der Waals surface area (Å²) in [4.78, 5) is 4.21. The van der Waals surface area contributed by atoms with Crippen molar-refractivity contribution in [2.45, 2.75) is 31.6 Å². The maximum Gasteiger partial charge on any atom is 0.114 e. The van der Waals surface area contributed by atoms with Crippen LogP contribution in [0, 0.1) is 11.3 Å². The summed E-state index contributed by atoms with van der Waals surface area (Å²) in [7, 11) is 0. The number of alkyl halides is 1. The van der Waals surface area contributed by atoms with E-state index in [1.807, 2.05) is 6.07 Å². The molecule has 1 aromatic rings. The smallest absolute Gasteiger partial charge is 0.114 e. The molecule has 1 unspecified atom stereocenters. The molecule has 1 aliphatic rings. The number of allylic oxidation sites excluding steroid dienone is 1. The molecule has 0 amide bonds. The van der Waals surface area contributed by atoms with Crippen LogP contribution >= 0.6 is 0 Å². The van der Waals surface area contributed by atoms with Gasteiger partial charge in [0.05, 0.1) is 5.56 Å². The van der Waals surface area contributed by atoms with Crippen molar-refractivity contribution >= 4 is 0 Å². The summed E-state index contributed by atoms with van der Waals surface area (Å²) >= 11 is 0. The number of nitrogens with one attached hydrogen (secondary N) is 2. The molecular weight excluding hydrogens is 255 g/mol. The third-order valence-electron chi connectivity index (χ3n) is 3.39. The molecule has 1 aromatic heterocycles. The number of hydrogen-bond donors (Lipinski definition) is 2. The van der Waals surface area contributed by atoms with Crippen LogP contribution in [0.4, 0.5) is 4.39 Å². The van der Waals surface area contributed by atoms with Crippen LogP contribution in [-0.2, 0) is 13.0 Å². The molecule has 108 valence electrons. The molecule has 2 rings (SSSR count). The molecule has 1 fully saturated rings. The monoisotopic (exact) mass is 276 g/mol. The van der Waals surface area contributed by atoms with Crippen molar-refractivity contribution in [2.75, 3.05) is 13.1 Å². The van der Waals surface area contributed by atoms with Crippen LogP contribution in [0.2, 0.25) is 0 Å². The maximum atomic E-state index is 13.0. The van der Waals surface area contributed by atoms with Crippen LogP contribution in [-0.4, -0.2) is 30.3 Å². The minimum Gasteiger partial charge on any atom is -0.311 e. The Hall–Kier alpha value is -1.77. The van der Waals surface area contributed by atoms with Crippen LogP contribution in [0.3, 0.4) is 0 Å². The molecule has 4 nitrogen and oxygen atoms in total. The molecular formula is C15H21FN4. The van der Waals surface area contributed by atoms with E-state index < -0.39 is 6.17 Å². The molecule has 0 aliphatic carbocycles. The number of halogens is 1. The predicted octanol–water partition coefficient (Wildman–Crippen LogP) is 1.72. The first-order valence-electron chi connectivity index (χ1n) is 6.80. The molecule has 0 radical (unpaired) electrons. The van der Waals surface area contributed by atoms with Crippen molar-refractivity contribution in [1.82, 2.24) is 15.6 Å². The maximum absolute atomic E-state index is 13.0. The predicted molar refractivity (Wildman–Crippen MR) is 78.0 cm³/mol. The first-order valence-corrected chi connectivity index (χ1v) is 6.80. The molecule has 1 saturated heterocycles. The molecule has 2 N–H and O–H groups in total. The van der Waals surface area contributed by atoms with E-state index in [2.05, 4.69) is 28.3 Å². The molecule has 5 heteroatoms. The second-order valence-corrected chi connectivity index (χ2v) is 5.01. The second kappa shape index (κ2) is 7.13. The number of pyridine rings is 1. The lowest BCUT2D eigenvalue weighted by atomic mass is 10.1. The summed E-state index contributed by atoms with van der Waals surface area (Å²) in [5.74, 6) is 0. The van der Waals surface area contributed by atoms with Crippen molar-refractivity contribution in [3.05, 3.63) is 41.7 Å². The van der Waals surface area contributed by atoms with Crippen LogP contribution < -0.4 is 10.6 Å². The Morgan fingerprint density at radius 2 is 2.55 bits per heavy atom. The zero-order chi connectivity index (χ0) is 14.4. The summed E-state index contributed by atoms with van der Waals surface area (Å²) in [6.45, 7) is 5.41. The van der Waals surface area contributed by atoms with Gasteiger partial charge in [0.2, 0.25) is 0 Å². The number of hydrogen-bond acceptors (Lipinski definition) is 4. The fourth-order valence-corrected chi connectivity index (χ4v) is 2.36. The van der Waals surface area contributed by atoms with Crippen molar-refractivity contribution in [3.8, 4) is 6.07 Å². The minimum absolute atomic E-state index is 0. The highest BCUT2D eigenvalue weighted by molar-refractivity contribution is 5.36. The highest BCUT2D eigenvalue weighted by atomic mass is 19.1. The fourth-order valence-electron chi connectivity index (χ4n) is 2.36. The first kappa shape index (κ1) is 14.6. The van der Waals surface area contributed by atoms with Gasteiger partial charge in [-0.2, -0.15) is 5.26 Å². The third kappa shape index (κ3) is 3.86. The van der Waals surface area contributed by atoms with Gasteiger partial charge in [0.25, 0.3) is 0 Å². The Balaban J connectivity index is 0.00000220. The Morgan fingerprint density at radius 3 is 3.20 bits per heavy atom. The van der Waals surface area contributed by atoms with Crippen LogP contribution in [0.5, 0.6) is 0 Å². The Morgan fingerprint density at radius 1 is 1.70 bits per heavy atom. The van der Waals surface area contributed by atoms with Gasteiger partial charge in [-0.3, -0.25) is 4.98 Å². The van der Waals surface area contributed by atoms with Crippen molar-refractivity contribution in [2.24, 2.45) is 0 Å². The van der Waals surface area contributed by atoms with Crippen LogP contribution in [0.1, 0.15) is 24.7 Å². The zero-order valence-electron chi connectivity index (χ0n) is 11.4. The standard InChI is InChI=1S/C15H19FN4.H2/c1-2-3-14-4-11(12(6-17)8-19-14)7-18-10-15-5-13(16)9-20-15;/h2,4,8,13,15,18,20H,1,3,5,7,9-10H2;1H/t13-,15?;/m1./s1. The molecule has 2 heterocycles. The quantitative estimate of drug-likeness (QED) is 0.777. The molecule has 0 saturated carbocycles. The van der Waals surface area contributed by atoms with Gasteiger partial charge in [-0.05, 0) is 18.1 Å². The summed E-state index contributed by atoms with van der Waals surface area (Å²) in [5.41, 5.74) is 2.40. The molecule has 0 aromatic carbocycles. The fraction of sp³-hybridized carbons (Fsp3) is 0.467. The van der Waals surface area contributed by atoms with E-state index >= 15 is 0 Å². The average Bonchev–Trinajstić information content (AvgIpc) is 2.85. The zero-order valence-corrected chi connectivity index (χ0v) is 11.4. The van der Waals surface area contributed by atoms with E-state index in [4.69, 9.17) is 5.26 Å². The second-order valence-electron chi connectivity index (χ2n) is 5.01. The van der Waals surface area contributed by atoms with Gasteiger partial charge in [0.1, 0.15) is 12.2 Å². The molecule has 20 heavy (non-hydrogen) atoms. The lowest BCUT2D eigenvalue weighted by Gasteiger charge is -2.12. The van der Waals surface area contributed by atoms with Gasteiger partial charge in [-0.1, -0.05) is 6.08 Å². The third-order valence-corrected chi connectivity index (χ3v) is 3.39. The molecule has 2 atom stereocenters. The van der Waals surface area contributed by atoms with Gasteiger partial charge in [0, 0.05) is 45.4 Å². The van der Waals surface area contributed by atoms with E-state index in [1.54, 1.807) is 12.3 Å². The summed E-state index contributed by atoms with van der Waals surface area (Å²) < 4.78 is 13.0. The number of rotatable bonds is 6. The van der Waals surface area contributed by atoms with Gasteiger partial charge in [-0.25, -0.2) is 4.39 Å². The van der Waals surface area contributed by atoms with Crippen molar-refractivity contribution in [1.29, 1.82) is 5.26 Å². The van der Waals surface area contributed by atoms with Gasteiger partial charge < -0.3 is 10.6 Å². The number of nitriles is 1. The highest BCUT2D eigenvalue weighted by Gasteiger charge is 2.22. The summed E-state index contributed by atoms with van der Waals surface area (Å²) in [6, 6.07) is 4.24. The van der Waals surface area contributed by atoms with Crippen molar-refractivity contribution in [3.63, 3.8) is 0 Å². The van der Waals surface area contributed by atoms with E-state index in [9.17, 15) is 4.39 Å². The van der Waals surface area contributed by atoms with E-state index in [0.717, 1.165) is 11.3 Å². The normalized spacial score (nSPS) is 21.6. The SMILES string of the molecule is C=CCc1cc(CNCC2C[C@@H](F)CN2)c(C#N)cn1.[HH]. The van der Waals surface area contributed by atoms with Crippen LogP contribution in [0.25, 0.3) is 0 Å². The van der Waals surface area contributed by atoms with Gasteiger partial charge in [-0.15, -0.1) is 6.58 Å². The minimum atomic E-state index is -0.739. The lowest BCUT2D eigenvalue weighted by Crippen LogP contribution is -2.33. The first-order chi connectivity index (χ1) is 9.72. The highest BCUT2D eigenvalue weighted by Crippen LogP contribution is 2.11. The van der Waals surface area contributed by atoms with E-state index in [1.165, 1.54) is 0 Å². The van der Waals surface area contributed by atoms with E-state index in [0.29, 0.717) is 38.0 Å². The largest absolute Gasteiger partial charge is 0.311 e. The Bertz CT molecular complexity index is 515. The molecule has 0 spiro atoms. The molecule has 1 aliphatic heterocycles. The summed E-state index contributed by atoms with van der Waals surface area (Å²) in [5, 5.41) is 15.5. The van der Waals surface area contributed by atoms with E-state index in [-0.39, 0.29) is 7.47 Å². The number of nitrogens with zero attached hydrogens (tertiary/aromatic N) is 2.